The van der Waals surface area contributed by atoms with Gasteiger partial charge in [0, 0.05) is 6.61 Å². The number of hydrogen-bond donors (Lipinski definition) is 3. The van der Waals surface area contributed by atoms with Crippen LogP contribution in [0.2, 0.25) is 0 Å². The third-order valence-electron chi connectivity index (χ3n) is 0.794. The Bertz CT molecular complexity index is 79.0. The van der Waals surface area contributed by atoms with Crippen molar-refractivity contribution in [3.8, 4) is 0 Å². The minimum atomic E-state index is -4.19. The number of hydrogen-bond acceptors (Lipinski definition) is 4. The molecule has 0 aromatic heterocycles. The third-order valence-corrected chi connectivity index (χ3v) is 1.39. The van der Waals surface area contributed by atoms with Gasteiger partial charge < -0.3 is 20.2 Å². The third kappa shape index (κ3) is 11.5. The Morgan fingerprint density at radius 2 is 1.90 bits per heavy atom. The first-order valence-electron chi connectivity index (χ1n) is 2.87. The molecule has 6 heteroatoms. The molecule has 0 saturated carbocycles. The topological polar surface area (TPSA) is 69.9 Å². The molecule has 58 valence electrons. The van der Waals surface area contributed by atoms with E-state index in [2.05, 4.69) is 4.43 Å². The molecule has 0 aliphatic heterocycles. The van der Waals surface area contributed by atoms with E-state index in [1.54, 1.807) is 0 Å². The summed E-state index contributed by atoms with van der Waals surface area (Å²) in [4.78, 5) is 24.8. The van der Waals surface area contributed by atoms with Crippen molar-refractivity contribution in [2.24, 2.45) is 0 Å². The smallest absolute Gasteiger partial charge is 1.00 e. The van der Waals surface area contributed by atoms with Gasteiger partial charge in [0.15, 0.2) is 0 Å². The van der Waals surface area contributed by atoms with Crippen LogP contribution in [0.25, 0.3) is 0 Å². The first-order chi connectivity index (χ1) is 4.06. The van der Waals surface area contributed by atoms with Crippen molar-refractivity contribution in [1.29, 1.82) is 0 Å². The van der Waals surface area contributed by atoms with Crippen LogP contribution in [0.1, 0.15) is 21.2 Å². The Hall–Kier alpha value is 0.654. The molecule has 0 saturated heterocycles. The average Bonchev–Trinajstić information content (AvgIpc) is 1.63. The van der Waals surface area contributed by atoms with Gasteiger partial charge in [0.2, 0.25) is 0 Å². The molecule has 0 spiro atoms. The average molecular weight is 160 g/mol. The summed E-state index contributed by atoms with van der Waals surface area (Å²) in [7, 11) is -4.19. The van der Waals surface area contributed by atoms with Crippen LogP contribution in [-0.2, 0) is 4.43 Å². The molecule has 0 unspecified atom stereocenters. The summed E-state index contributed by atoms with van der Waals surface area (Å²) in [6.07, 6.45) is 1.64. The van der Waals surface area contributed by atoms with Crippen molar-refractivity contribution in [3.05, 3.63) is 0 Å². The van der Waals surface area contributed by atoms with E-state index in [1.807, 2.05) is 6.92 Å². The zero-order valence-electron chi connectivity index (χ0n) is 7.37. The van der Waals surface area contributed by atoms with E-state index in [9.17, 15) is 0 Å². The van der Waals surface area contributed by atoms with E-state index in [0.717, 1.165) is 12.8 Å². The number of rotatable bonds is 4. The quantitative estimate of drug-likeness (QED) is 0.293. The van der Waals surface area contributed by atoms with E-state index >= 15 is 0 Å². The molecular formula is C4H13LiO4Si. The normalized spacial score (nSPS) is 10.8. The van der Waals surface area contributed by atoms with Crippen LogP contribution in [0.5, 0.6) is 0 Å². The Labute approximate surface area is 75.0 Å². The Morgan fingerprint density at radius 3 is 2.20 bits per heavy atom. The van der Waals surface area contributed by atoms with Gasteiger partial charge in [0.05, 0.1) is 0 Å². The summed E-state index contributed by atoms with van der Waals surface area (Å²) in [5, 5.41) is 0. The molecule has 0 heterocycles. The molecular weight excluding hydrogens is 147 g/mol. The van der Waals surface area contributed by atoms with E-state index in [4.69, 9.17) is 14.4 Å². The van der Waals surface area contributed by atoms with Gasteiger partial charge in [-0.15, -0.1) is 0 Å². The molecule has 0 aliphatic rings. The van der Waals surface area contributed by atoms with Crippen molar-refractivity contribution < 1.29 is 39.1 Å². The van der Waals surface area contributed by atoms with E-state index in [-0.39, 0.29) is 26.9 Å². The van der Waals surface area contributed by atoms with E-state index in [0.29, 0.717) is 0 Å². The van der Waals surface area contributed by atoms with Crippen LogP contribution in [0.15, 0.2) is 0 Å². The molecule has 0 aromatic rings. The predicted octanol–water partition coefficient (Wildman–Crippen LogP) is -3.67. The molecule has 0 aliphatic carbocycles. The summed E-state index contributed by atoms with van der Waals surface area (Å²) >= 11 is 0. The zero-order valence-corrected chi connectivity index (χ0v) is 7.37. The second-order valence-electron chi connectivity index (χ2n) is 1.78. The van der Waals surface area contributed by atoms with Gasteiger partial charge in [-0.25, -0.2) is 0 Å². The van der Waals surface area contributed by atoms with Gasteiger partial charge >= 0.3 is 27.9 Å². The molecule has 0 aromatic carbocycles. The Morgan fingerprint density at radius 1 is 1.40 bits per heavy atom. The van der Waals surface area contributed by atoms with Crippen LogP contribution < -0.4 is 18.9 Å². The Kier molecular flexibility index (Phi) is 8.45. The van der Waals surface area contributed by atoms with Gasteiger partial charge in [0.1, 0.15) is 0 Å². The van der Waals surface area contributed by atoms with Crippen LogP contribution >= 0.6 is 0 Å². The molecule has 4 nitrogen and oxygen atoms in total. The molecule has 10 heavy (non-hydrogen) atoms. The second-order valence-corrected chi connectivity index (χ2v) is 3.21. The fraction of sp³-hybridized carbons (Fsp3) is 1.00. The minimum absolute atomic E-state index is 0. The molecule has 0 atom stereocenters. The summed E-state index contributed by atoms with van der Waals surface area (Å²) in [6.45, 7) is 2.16. The largest absolute Gasteiger partial charge is 1.00 e. The maximum Gasteiger partial charge on any atom is 1.00 e. The fourth-order valence-electron chi connectivity index (χ4n) is 0.353. The molecule has 0 amide bonds. The van der Waals surface area contributed by atoms with Gasteiger partial charge in [-0.2, -0.15) is 0 Å². The maximum absolute atomic E-state index is 8.27. The Balaban J connectivity index is -0.000000320. The fourth-order valence-corrected chi connectivity index (χ4v) is 0.772. The van der Waals surface area contributed by atoms with Crippen molar-refractivity contribution >= 4 is 9.05 Å². The predicted molar refractivity (Wildman–Crippen MR) is 34.4 cm³/mol. The molecule has 0 fully saturated rings. The zero-order chi connectivity index (χ0) is 7.33. The van der Waals surface area contributed by atoms with Crippen molar-refractivity contribution in [2.45, 2.75) is 19.8 Å². The van der Waals surface area contributed by atoms with E-state index < -0.39 is 9.05 Å². The van der Waals surface area contributed by atoms with Crippen molar-refractivity contribution in [2.75, 3.05) is 6.61 Å². The molecule has 0 bridgehead atoms. The maximum atomic E-state index is 8.27. The van der Waals surface area contributed by atoms with E-state index in [1.165, 1.54) is 0 Å². The van der Waals surface area contributed by atoms with Gasteiger partial charge in [0.25, 0.3) is 0 Å². The molecule has 0 radical (unpaired) electrons. The monoisotopic (exact) mass is 160 g/mol. The minimum Gasteiger partial charge on any atom is -1.00 e. The summed E-state index contributed by atoms with van der Waals surface area (Å²) in [6, 6.07) is 0. The summed E-state index contributed by atoms with van der Waals surface area (Å²) in [5.74, 6) is 0. The first-order valence-corrected chi connectivity index (χ1v) is 4.62. The molecule has 3 N–H and O–H groups in total. The van der Waals surface area contributed by atoms with Gasteiger partial charge in [-0.3, -0.25) is 0 Å². The van der Waals surface area contributed by atoms with Gasteiger partial charge in [-0.05, 0) is 6.42 Å². The summed E-state index contributed by atoms with van der Waals surface area (Å²) in [5.41, 5.74) is 0. The number of unbranched alkanes of at least 4 members (excludes halogenated alkanes) is 1. The van der Waals surface area contributed by atoms with Crippen molar-refractivity contribution in [3.63, 3.8) is 0 Å². The van der Waals surface area contributed by atoms with Crippen molar-refractivity contribution in [1.82, 2.24) is 0 Å². The molecule has 0 rings (SSSR count). The SMILES string of the molecule is CCCCO[Si](O)(O)O.[H-].[Li+]. The van der Waals surface area contributed by atoms with Crippen LogP contribution in [-0.4, -0.2) is 30.0 Å². The van der Waals surface area contributed by atoms with Crippen LogP contribution in [0, 0.1) is 0 Å². The standard InChI is InChI=1S/C4H12O4Si.Li.H/c1-2-3-4-8-9(5,6)7;;/h5-7H,2-4H2,1H3;;/q;+1;-1. The summed E-state index contributed by atoms with van der Waals surface area (Å²) < 4.78 is 4.28. The van der Waals surface area contributed by atoms with Crippen LogP contribution in [0.4, 0.5) is 0 Å². The van der Waals surface area contributed by atoms with Crippen LogP contribution in [0.3, 0.4) is 0 Å². The van der Waals surface area contributed by atoms with Gasteiger partial charge in [-0.1, -0.05) is 13.3 Å². The first kappa shape index (κ1) is 13.3. The second kappa shape index (κ2) is 6.37.